The van der Waals surface area contributed by atoms with E-state index in [-0.39, 0.29) is 17.1 Å². The van der Waals surface area contributed by atoms with Crippen molar-refractivity contribution in [2.24, 2.45) is 5.41 Å². The quantitative estimate of drug-likeness (QED) is 0.717. The van der Waals surface area contributed by atoms with Gasteiger partial charge >= 0.3 is 0 Å². The van der Waals surface area contributed by atoms with Gasteiger partial charge in [0.15, 0.2) is 5.78 Å². The number of fused-ring (bicyclic) bond motifs is 1. The van der Waals surface area contributed by atoms with Crippen LogP contribution in [-0.4, -0.2) is 5.78 Å². The largest absolute Gasteiger partial charge is 0.469 e. The van der Waals surface area contributed by atoms with Crippen molar-refractivity contribution < 1.29 is 9.21 Å². The highest BCUT2D eigenvalue weighted by atomic mass is 16.3. The molecule has 21 heavy (non-hydrogen) atoms. The Morgan fingerprint density at radius 1 is 1.19 bits per heavy atom. The van der Waals surface area contributed by atoms with E-state index in [2.05, 4.69) is 12.6 Å². The number of allylic oxidation sites excluding steroid dienone is 1. The standard InChI is InChI=1S/C19H18O2/c1-13-11-16(17-7-4-10-21-17)19(12-13)9-8-14-5-2-3-6-15(14)18(19)20/h2-7,10,16H,1,8-9,11-12H2. The summed E-state index contributed by atoms with van der Waals surface area (Å²) in [6.45, 7) is 4.16. The molecule has 0 saturated heterocycles. The van der Waals surface area contributed by atoms with E-state index in [1.54, 1.807) is 6.26 Å². The Morgan fingerprint density at radius 3 is 2.86 bits per heavy atom. The first kappa shape index (κ1) is 12.6. The summed E-state index contributed by atoms with van der Waals surface area (Å²) < 4.78 is 5.64. The molecule has 0 radical (unpaired) electrons. The molecule has 0 N–H and O–H groups in total. The molecule has 2 unspecified atom stereocenters. The van der Waals surface area contributed by atoms with E-state index in [9.17, 15) is 4.79 Å². The third-order valence-electron chi connectivity index (χ3n) is 5.17. The maximum atomic E-state index is 13.2. The summed E-state index contributed by atoms with van der Waals surface area (Å²) in [4.78, 5) is 13.2. The van der Waals surface area contributed by atoms with Gasteiger partial charge in [0.2, 0.25) is 0 Å². The zero-order valence-corrected chi connectivity index (χ0v) is 12.0. The number of hydrogen-bond donors (Lipinski definition) is 0. The molecule has 2 aliphatic carbocycles. The van der Waals surface area contributed by atoms with Gasteiger partial charge in [0.25, 0.3) is 0 Å². The Kier molecular flexibility index (Phi) is 2.68. The van der Waals surface area contributed by atoms with Crippen molar-refractivity contribution in [2.45, 2.75) is 31.6 Å². The minimum absolute atomic E-state index is 0.140. The first-order chi connectivity index (χ1) is 10.2. The van der Waals surface area contributed by atoms with Gasteiger partial charge in [0.1, 0.15) is 5.76 Å². The first-order valence-corrected chi connectivity index (χ1v) is 7.53. The van der Waals surface area contributed by atoms with E-state index in [1.165, 1.54) is 11.1 Å². The molecule has 1 heterocycles. The second kappa shape index (κ2) is 4.45. The van der Waals surface area contributed by atoms with Crippen LogP contribution in [0.25, 0.3) is 0 Å². The highest BCUT2D eigenvalue weighted by Gasteiger charge is 2.53. The third kappa shape index (κ3) is 1.75. The molecule has 0 bridgehead atoms. The SMILES string of the molecule is C=C1CC(c2ccco2)C2(CCc3ccccc3C2=O)C1. The molecular weight excluding hydrogens is 260 g/mol. The van der Waals surface area contributed by atoms with Gasteiger partial charge in [-0.05, 0) is 43.4 Å². The fourth-order valence-electron chi connectivity index (χ4n) is 4.19. The van der Waals surface area contributed by atoms with E-state index in [1.807, 2.05) is 30.3 Å². The van der Waals surface area contributed by atoms with Crippen molar-refractivity contribution >= 4 is 5.78 Å². The van der Waals surface area contributed by atoms with Crippen LogP contribution in [0.4, 0.5) is 0 Å². The van der Waals surface area contributed by atoms with Crippen LogP contribution in [0.2, 0.25) is 0 Å². The van der Waals surface area contributed by atoms with Crippen LogP contribution < -0.4 is 0 Å². The molecule has 2 atom stereocenters. The molecule has 2 heteroatoms. The van der Waals surface area contributed by atoms with Gasteiger partial charge < -0.3 is 4.42 Å². The second-order valence-corrected chi connectivity index (χ2v) is 6.34. The lowest BCUT2D eigenvalue weighted by Gasteiger charge is -2.37. The minimum atomic E-state index is -0.344. The number of benzene rings is 1. The van der Waals surface area contributed by atoms with Crippen LogP contribution in [-0.2, 0) is 6.42 Å². The van der Waals surface area contributed by atoms with Crippen molar-refractivity contribution in [3.05, 3.63) is 71.7 Å². The minimum Gasteiger partial charge on any atom is -0.469 e. The monoisotopic (exact) mass is 278 g/mol. The Labute approximate surface area is 124 Å². The molecule has 2 nitrogen and oxygen atoms in total. The fraction of sp³-hybridized carbons (Fsp3) is 0.316. The maximum Gasteiger partial charge on any atom is 0.170 e. The summed E-state index contributed by atoms with van der Waals surface area (Å²) >= 11 is 0. The number of Topliss-reactive ketones (excluding diaryl/α,β-unsaturated/α-hetero) is 1. The maximum absolute atomic E-state index is 13.2. The van der Waals surface area contributed by atoms with Gasteiger partial charge in [-0.3, -0.25) is 4.79 Å². The molecule has 1 aromatic carbocycles. The molecule has 1 saturated carbocycles. The smallest absolute Gasteiger partial charge is 0.170 e. The van der Waals surface area contributed by atoms with Gasteiger partial charge in [0.05, 0.1) is 6.26 Å². The lowest BCUT2D eigenvalue weighted by Crippen LogP contribution is -2.38. The molecule has 0 aliphatic heterocycles. The summed E-state index contributed by atoms with van der Waals surface area (Å²) in [5.74, 6) is 1.35. The van der Waals surface area contributed by atoms with Crippen molar-refractivity contribution in [1.82, 2.24) is 0 Å². The van der Waals surface area contributed by atoms with Gasteiger partial charge in [0, 0.05) is 16.9 Å². The Hall–Kier alpha value is -2.09. The highest BCUT2D eigenvalue weighted by Crippen LogP contribution is 2.57. The number of carbonyl (C=O) groups is 1. The second-order valence-electron chi connectivity index (χ2n) is 6.34. The van der Waals surface area contributed by atoms with E-state index in [0.29, 0.717) is 0 Å². The van der Waals surface area contributed by atoms with Crippen LogP contribution in [0.3, 0.4) is 0 Å². The zero-order valence-electron chi connectivity index (χ0n) is 12.0. The zero-order chi connectivity index (χ0) is 14.4. The third-order valence-corrected chi connectivity index (χ3v) is 5.17. The molecule has 1 fully saturated rings. The number of furan rings is 1. The Balaban J connectivity index is 1.83. The molecule has 2 aliphatic rings. The predicted octanol–water partition coefficient (Wildman–Crippen LogP) is 4.53. The summed E-state index contributed by atoms with van der Waals surface area (Å²) in [6, 6.07) is 11.9. The van der Waals surface area contributed by atoms with E-state index in [0.717, 1.165) is 37.0 Å². The predicted molar refractivity (Wildman–Crippen MR) is 81.3 cm³/mol. The Bertz CT molecular complexity index is 711. The average molecular weight is 278 g/mol. The van der Waals surface area contributed by atoms with Crippen molar-refractivity contribution in [2.75, 3.05) is 0 Å². The summed E-state index contributed by atoms with van der Waals surface area (Å²) in [6.07, 6.45) is 5.22. The van der Waals surface area contributed by atoms with E-state index >= 15 is 0 Å². The first-order valence-electron chi connectivity index (χ1n) is 7.53. The van der Waals surface area contributed by atoms with Gasteiger partial charge in [-0.1, -0.05) is 36.4 Å². The lowest BCUT2D eigenvalue weighted by molar-refractivity contribution is 0.0723. The molecule has 0 amide bonds. The number of ketones is 1. The van der Waals surface area contributed by atoms with Crippen LogP contribution >= 0.6 is 0 Å². The normalized spacial score (nSPS) is 28.1. The van der Waals surface area contributed by atoms with Crippen molar-refractivity contribution in [3.63, 3.8) is 0 Å². The highest BCUT2D eigenvalue weighted by molar-refractivity contribution is 6.04. The average Bonchev–Trinajstić information content (AvgIpc) is 3.12. The molecule has 1 aromatic heterocycles. The summed E-state index contributed by atoms with van der Waals surface area (Å²) in [7, 11) is 0. The molecule has 106 valence electrons. The van der Waals surface area contributed by atoms with E-state index < -0.39 is 0 Å². The molecule has 4 rings (SSSR count). The fourth-order valence-corrected chi connectivity index (χ4v) is 4.19. The number of aryl methyl sites for hydroxylation is 1. The van der Waals surface area contributed by atoms with Gasteiger partial charge in [-0.15, -0.1) is 0 Å². The molecule has 1 spiro atoms. The Morgan fingerprint density at radius 2 is 2.05 bits per heavy atom. The van der Waals surface area contributed by atoms with Crippen molar-refractivity contribution in [1.29, 1.82) is 0 Å². The number of hydrogen-bond acceptors (Lipinski definition) is 2. The topological polar surface area (TPSA) is 30.2 Å². The van der Waals surface area contributed by atoms with Crippen molar-refractivity contribution in [3.8, 4) is 0 Å². The van der Waals surface area contributed by atoms with Gasteiger partial charge in [-0.2, -0.15) is 0 Å². The van der Waals surface area contributed by atoms with Crippen LogP contribution in [0.5, 0.6) is 0 Å². The lowest BCUT2D eigenvalue weighted by atomic mass is 9.64. The number of rotatable bonds is 1. The van der Waals surface area contributed by atoms with Crippen LogP contribution in [0.1, 0.15) is 46.9 Å². The van der Waals surface area contributed by atoms with Crippen LogP contribution in [0, 0.1) is 5.41 Å². The summed E-state index contributed by atoms with van der Waals surface area (Å²) in [5.41, 5.74) is 2.91. The van der Waals surface area contributed by atoms with Gasteiger partial charge in [-0.25, -0.2) is 0 Å². The van der Waals surface area contributed by atoms with E-state index in [4.69, 9.17) is 4.42 Å². The number of carbonyl (C=O) groups excluding carboxylic acids is 1. The molecule has 2 aromatic rings. The molecular formula is C19H18O2. The summed E-state index contributed by atoms with van der Waals surface area (Å²) in [5, 5.41) is 0. The van der Waals surface area contributed by atoms with Crippen LogP contribution in [0.15, 0.2) is 59.2 Å².